The molecule has 1 aromatic carbocycles. The van der Waals surface area contributed by atoms with Gasteiger partial charge < -0.3 is 15.0 Å². The second-order valence-corrected chi connectivity index (χ2v) is 7.36. The van der Waals surface area contributed by atoms with Crippen molar-refractivity contribution in [2.24, 2.45) is 7.05 Å². The van der Waals surface area contributed by atoms with Gasteiger partial charge in [-0.1, -0.05) is 12.0 Å². The molecular weight excluding hydrogens is 441 g/mol. The molecule has 1 saturated heterocycles. The van der Waals surface area contributed by atoms with Gasteiger partial charge in [-0.2, -0.15) is 4.98 Å². The number of ether oxygens (including phenoxy) is 1. The average Bonchev–Trinajstić information content (AvgIpc) is 3.15. The van der Waals surface area contributed by atoms with Gasteiger partial charge in [0.1, 0.15) is 5.75 Å². The molecule has 1 aliphatic rings. The molecule has 4 rings (SSSR count). The van der Waals surface area contributed by atoms with Crippen molar-refractivity contribution in [1.82, 2.24) is 24.0 Å². The minimum atomic E-state index is -4.89. The summed E-state index contributed by atoms with van der Waals surface area (Å²) in [6.07, 6.45) is -4.89. The number of rotatable bonds is 4. The summed E-state index contributed by atoms with van der Waals surface area (Å²) in [5.74, 6) is 5.69. The van der Waals surface area contributed by atoms with Crippen molar-refractivity contribution in [2.45, 2.75) is 19.8 Å². The first-order valence-electron chi connectivity index (χ1n) is 10.1. The quantitative estimate of drug-likeness (QED) is 0.587. The summed E-state index contributed by atoms with van der Waals surface area (Å²) in [4.78, 5) is 32.8. The maximum absolute atomic E-state index is 13.1. The third-order valence-corrected chi connectivity index (χ3v) is 5.25. The lowest BCUT2D eigenvalue weighted by molar-refractivity contribution is -0.274. The molecule has 0 spiro atoms. The Morgan fingerprint density at radius 2 is 1.94 bits per heavy atom. The SMILES string of the molecule is CC#CCn1c(N2CCNCC2)nc2c1c(=O)n(C)c(=O)n2-c1cccc(OC(F)(F)F)c1. The predicted molar refractivity (Wildman–Crippen MR) is 116 cm³/mol. The number of piperazine rings is 1. The van der Waals surface area contributed by atoms with E-state index in [0.717, 1.165) is 21.3 Å². The second kappa shape index (κ2) is 8.67. The molecule has 0 amide bonds. The third kappa shape index (κ3) is 4.31. The van der Waals surface area contributed by atoms with Gasteiger partial charge in [0.05, 0.1) is 12.2 Å². The maximum Gasteiger partial charge on any atom is 0.573 e. The molecule has 3 heterocycles. The van der Waals surface area contributed by atoms with Gasteiger partial charge in [-0.3, -0.25) is 13.9 Å². The molecule has 3 aromatic rings. The Morgan fingerprint density at radius 3 is 2.61 bits per heavy atom. The number of halogens is 3. The number of hydrogen-bond donors (Lipinski definition) is 1. The number of imidazole rings is 1. The first kappa shape index (κ1) is 22.5. The summed E-state index contributed by atoms with van der Waals surface area (Å²) in [5, 5.41) is 3.24. The van der Waals surface area contributed by atoms with Crippen LogP contribution in [0.1, 0.15) is 6.92 Å². The van der Waals surface area contributed by atoms with Gasteiger partial charge >= 0.3 is 12.1 Å². The summed E-state index contributed by atoms with van der Waals surface area (Å²) in [7, 11) is 1.31. The van der Waals surface area contributed by atoms with Crippen LogP contribution in [0, 0.1) is 11.8 Å². The van der Waals surface area contributed by atoms with Gasteiger partial charge in [-0.15, -0.1) is 19.1 Å². The zero-order valence-corrected chi connectivity index (χ0v) is 17.9. The fourth-order valence-corrected chi connectivity index (χ4v) is 3.75. The van der Waals surface area contributed by atoms with E-state index < -0.39 is 23.4 Å². The Labute approximate surface area is 186 Å². The molecule has 0 radical (unpaired) electrons. The monoisotopic (exact) mass is 462 g/mol. The van der Waals surface area contributed by atoms with Gasteiger partial charge in [0, 0.05) is 39.3 Å². The van der Waals surface area contributed by atoms with E-state index in [0.29, 0.717) is 32.1 Å². The molecule has 2 aromatic heterocycles. The normalized spacial score (nSPS) is 14.3. The van der Waals surface area contributed by atoms with E-state index in [1.54, 1.807) is 11.5 Å². The zero-order valence-electron chi connectivity index (χ0n) is 17.9. The lowest BCUT2D eigenvalue weighted by Crippen LogP contribution is -2.44. The highest BCUT2D eigenvalue weighted by molar-refractivity contribution is 5.77. The minimum absolute atomic E-state index is 0.0405. The smallest absolute Gasteiger partial charge is 0.406 e. The lowest BCUT2D eigenvalue weighted by Gasteiger charge is -2.28. The van der Waals surface area contributed by atoms with Gasteiger partial charge in [-0.05, 0) is 19.1 Å². The summed E-state index contributed by atoms with van der Waals surface area (Å²) >= 11 is 0. The van der Waals surface area contributed by atoms with Crippen LogP contribution in [0.25, 0.3) is 16.9 Å². The van der Waals surface area contributed by atoms with Gasteiger partial charge in [-0.25, -0.2) is 9.36 Å². The molecule has 1 aliphatic heterocycles. The number of aromatic nitrogens is 4. The van der Waals surface area contributed by atoms with E-state index in [-0.39, 0.29) is 23.4 Å². The summed E-state index contributed by atoms with van der Waals surface area (Å²) in [6, 6.07) is 4.98. The third-order valence-electron chi connectivity index (χ3n) is 5.25. The molecule has 0 aliphatic carbocycles. The molecule has 33 heavy (non-hydrogen) atoms. The van der Waals surface area contributed by atoms with E-state index >= 15 is 0 Å². The van der Waals surface area contributed by atoms with Crippen molar-refractivity contribution in [3.63, 3.8) is 0 Å². The molecule has 0 bridgehead atoms. The van der Waals surface area contributed by atoms with Crippen LogP contribution in [0.2, 0.25) is 0 Å². The molecule has 1 N–H and O–H groups in total. The van der Waals surface area contributed by atoms with E-state index in [1.165, 1.54) is 19.2 Å². The van der Waals surface area contributed by atoms with Crippen LogP contribution in [-0.2, 0) is 13.6 Å². The highest BCUT2D eigenvalue weighted by Crippen LogP contribution is 2.26. The molecule has 0 atom stereocenters. The van der Waals surface area contributed by atoms with Crippen molar-refractivity contribution in [3.05, 3.63) is 45.1 Å². The van der Waals surface area contributed by atoms with Crippen LogP contribution in [0.3, 0.4) is 0 Å². The van der Waals surface area contributed by atoms with Crippen molar-refractivity contribution >= 4 is 17.1 Å². The fraction of sp³-hybridized carbons (Fsp3) is 0.381. The number of nitrogens with zero attached hydrogens (tertiary/aromatic N) is 5. The minimum Gasteiger partial charge on any atom is -0.406 e. The second-order valence-electron chi connectivity index (χ2n) is 7.36. The van der Waals surface area contributed by atoms with E-state index in [1.807, 2.05) is 4.90 Å². The largest absolute Gasteiger partial charge is 0.573 e. The number of anilines is 1. The number of benzene rings is 1. The average molecular weight is 462 g/mol. The Hall–Kier alpha value is -3.72. The number of alkyl halides is 3. The van der Waals surface area contributed by atoms with Crippen molar-refractivity contribution in [3.8, 4) is 23.3 Å². The summed E-state index contributed by atoms with van der Waals surface area (Å²) < 4.78 is 45.9. The van der Waals surface area contributed by atoms with Crippen LogP contribution >= 0.6 is 0 Å². The van der Waals surface area contributed by atoms with Gasteiger partial charge in [0.25, 0.3) is 5.56 Å². The fourth-order valence-electron chi connectivity index (χ4n) is 3.75. The van der Waals surface area contributed by atoms with Crippen molar-refractivity contribution < 1.29 is 17.9 Å². The topological polar surface area (TPSA) is 86.3 Å². The number of fused-ring (bicyclic) bond motifs is 1. The lowest BCUT2D eigenvalue weighted by atomic mass is 10.3. The van der Waals surface area contributed by atoms with Gasteiger partial charge in [0.15, 0.2) is 11.2 Å². The summed E-state index contributed by atoms with van der Waals surface area (Å²) in [6.45, 7) is 4.51. The van der Waals surface area contributed by atoms with Crippen LogP contribution in [-0.4, -0.2) is 51.2 Å². The van der Waals surface area contributed by atoms with Gasteiger partial charge in [0.2, 0.25) is 5.95 Å². The predicted octanol–water partition coefficient (Wildman–Crippen LogP) is 1.22. The van der Waals surface area contributed by atoms with Crippen LogP contribution in [0.15, 0.2) is 33.9 Å². The Balaban J connectivity index is 2.00. The van der Waals surface area contributed by atoms with E-state index in [2.05, 4.69) is 26.9 Å². The molecular formula is C21H21F3N6O3. The van der Waals surface area contributed by atoms with Crippen LogP contribution in [0.5, 0.6) is 5.75 Å². The van der Waals surface area contributed by atoms with Crippen molar-refractivity contribution in [2.75, 3.05) is 31.1 Å². The van der Waals surface area contributed by atoms with Crippen LogP contribution < -0.4 is 26.2 Å². The molecule has 0 unspecified atom stereocenters. The Bertz CT molecular complexity index is 1370. The standard InChI is InChI=1S/C21H21F3N6O3/c1-3-4-10-29-16-17(26-19(29)28-11-8-25-9-12-28)30(20(32)27(2)18(16)31)14-6-5-7-15(13-14)33-21(22,23)24/h5-7,13,25H,8-12H2,1-2H3. The molecule has 0 saturated carbocycles. The summed E-state index contributed by atoms with van der Waals surface area (Å²) in [5.41, 5.74) is -1.05. The Kier molecular flexibility index (Phi) is 5.90. The zero-order chi connectivity index (χ0) is 23.8. The maximum atomic E-state index is 13.1. The van der Waals surface area contributed by atoms with E-state index in [4.69, 9.17) is 0 Å². The van der Waals surface area contributed by atoms with E-state index in [9.17, 15) is 22.8 Å². The molecule has 9 nitrogen and oxygen atoms in total. The van der Waals surface area contributed by atoms with Crippen LogP contribution in [0.4, 0.5) is 19.1 Å². The molecule has 174 valence electrons. The molecule has 12 heteroatoms. The number of hydrogen-bond acceptors (Lipinski definition) is 6. The Morgan fingerprint density at radius 1 is 1.21 bits per heavy atom. The first-order chi connectivity index (χ1) is 15.7. The first-order valence-corrected chi connectivity index (χ1v) is 10.1. The molecule has 1 fully saturated rings. The number of nitrogens with one attached hydrogen (secondary N) is 1. The highest BCUT2D eigenvalue weighted by atomic mass is 19.4. The van der Waals surface area contributed by atoms with Crippen molar-refractivity contribution in [1.29, 1.82) is 0 Å². The highest BCUT2D eigenvalue weighted by Gasteiger charge is 2.31.